The van der Waals surface area contributed by atoms with E-state index in [2.05, 4.69) is 4.90 Å². The fraction of sp³-hybridized carbons (Fsp3) is 0.400. The topological polar surface area (TPSA) is 32.7 Å². The zero-order valence-corrected chi connectivity index (χ0v) is 14.6. The smallest absolute Gasteiger partial charge is 0.119 e. The standard InChI is InChI=1S/C20H24ClNO2/c21-20-7-3-2-6-19(20)16-8-10-18(11-9-16)24-15-17(23)14-22-12-4-1-5-13-22/h2-3,6-11,17,23H,1,4-5,12-15H2. The highest BCUT2D eigenvalue weighted by molar-refractivity contribution is 6.33. The molecule has 0 saturated carbocycles. The van der Waals surface area contributed by atoms with Crippen LogP contribution in [0.5, 0.6) is 5.75 Å². The van der Waals surface area contributed by atoms with Crippen LogP contribution in [0.15, 0.2) is 48.5 Å². The number of ether oxygens (including phenoxy) is 1. The molecular weight excluding hydrogens is 322 g/mol. The van der Waals surface area contributed by atoms with Crippen molar-refractivity contribution >= 4 is 11.6 Å². The second-order valence-electron chi connectivity index (χ2n) is 6.33. The fourth-order valence-electron chi connectivity index (χ4n) is 3.11. The van der Waals surface area contributed by atoms with Crippen LogP contribution < -0.4 is 4.74 Å². The van der Waals surface area contributed by atoms with E-state index >= 15 is 0 Å². The summed E-state index contributed by atoms with van der Waals surface area (Å²) in [6.07, 6.45) is 3.32. The average Bonchev–Trinajstić information content (AvgIpc) is 2.62. The van der Waals surface area contributed by atoms with Gasteiger partial charge in [-0.3, -0.25) is 0 Å². The molecule has 0 radical (unpaired) electrons. The molecule has 1 saturated heterocycles. The maximum atomic E-state index is 10.1. The lowest BCUT2D eigenvalue weighted by molar-refractivity contribution is 0.0617. The lowest BCUT2D eigenvalue weighted by Crippen LogP contribution is -2.38. The van der Waals surface area contributed by atoms with E-state index in [4.69, 9.17) is 16.3 Å². The van der Waals surface area contributed by atoms with Crippen LogP contribution in [0, 0.1) is 0 Å². The normalized spacial score (nSPS) is 16.8. The number of nitrogens with zero attached hydrogens (tertiary/aromatic N) is 1. The molecule has 0 bridgehead atoms. The molecule has 4 heteroatoms. The zero-order valence-electron chi connectivity index (χ0n) is 13.8. The molecule has 0 spiro atoms. The second kappa shape index (κ2) is 8.52. The summed E-state index contributed by atoms with van der Waals surface area (Å²) in [5.74, 6) is 0.767. The van der Waals surface area contributed by atoms with Crippen LogP contribution in [0.4, 0.5) is 0 Å². The number of likely N-dealkylation sites (tertiary alicyclic amines) is 1. The van der Waals surface area contributed by atoms with Gasteiger partial charge in [0.2, 0.25) is 0 Å². The molecule has 1 heterocycles. The molecule has 1 atom stereocenters. The number of hydrogen-bond donors (Lipinski definition) is 1. The number of piperidine rings is 1. The Morgan fingerprint density at radius 2 is 1.71 bits per heavy atom. The number of halogens is 1. The lowest BCUT2D eigenvalue weighted by atomic mass is 10.1. The lowest BCUT2D eigenvalue weighted by Gasteiger charge is -2.28. The van der Waals surface area contributed by atoms with Gasteiger partial charge in [-0.05, 0) is 49.7 Å². The molecular formula is C20H24ClNO2. The van der Waals surface area contributed by atoms with Crippen LogP contribution >= 0.6 is 11.6 Å². The van der Waals surface area contributed by atoms with Crippen molar-refractivity contribution in [2.75, 3.05) is 26.2 Å². The van der Waals surface area contributed by atoms with Crippen molar-refractivity contribution in [2.24, 2.45) is 0 Å². The summed E-state index contributed by atoms with van der Waals surface area (Å²) in [5, 5.41) is 10.9. The number of aliphatic hydroxyl groups is 1. The highest BCUT2D eigenvalue weighted by atomic mass is 35.5. The Morgan fingerprint density at radius 1 is 1.00 bits per heavy atom. The highest BCUT2D eigenvalue weighted by Gasteiger charge is 2.15. The van der Waals surface area contributed by atoms with E-state index in [1.165, 1.54) is 19.3 Å². The first-order valence-corrected chi connectivity index (χ1v) is 8.98. The minimum atomic E-state index is -0.452. The van der Waals surface area contributed by atoms with Crippen molar-refractivity contribution < 1.29 is 9.84 Å². The Kier molecular flexibility index (Phi) is 6.13. The molecule has 0 amide bonds. The van der Waals surface area contributed by atoms with Crippen LogP contribution in [0.25, 0.3) is 11.1 Å². The summed E-state index contributed by atoms with van der Waals surface area (Å²) >= 11 is 6.22. The van der Waals surface area contributed by atoms with Gasteiger partial charge >= 0.3 is 0 Å². The Bertz CT molecular complexity index is 638. The molecule has 0 aliphatic carbocycles. The van der Waals surface area contributed by atoms with Gasteiger partial charge in [0.05, 0.1) is 0 Å². The third kappa shape index (κ3) is 4.73. The predicted molar refractivity (Wildman–Crippen MR) is 98.7 cm³/mol. The molecule has 2 aromatic carbocycles. The molecule has 1 unspecified atom stereocenters. The third-order valence-electron chi connectivity index (χ3n) is 4.40. The largest absolute Gasteiger partial charge is 0.491 e. The van der Waals surface area contributed by atoms with Gasteiger partial charge in [-0.15, -0.1) is 0 Å². The summed E-state index contributed by atoms with van der Waals surface area (Å²) < 4.78 is 5.72. The maximum absolute atomic E-state index is 10.1. The maximum Gasteiger partial charge on any atom is 0.119 e. The molecule has 1 N–H and O–H groups in total. The molecule has 1 aliphatic heterocycles. The van der Waals surface area contributed by atoms with Gasteiger partial charge in [-0.1, -0.05) is 48.4 Å². The average molecular weight is 346 g/mol. The number of rotatable bonds is 6. The van der Waals surface area contributed by atoms with Crippen molar-refractivity contribution in [3.05, 3.63) is 53.6 Å². The molecule has 128 valence electrons. The van der Waals surface area contributed by atoms with Crippen molar-refractivity contribution in [2.45, 2.75) is 25.4 Å². The van der Waals surface area contributed by atoms with Gasteiger partial charge in [0.25, 0.3) is 0 Å². The molecule has 24 heavy (non-hydrogen) atoms. The first-order valence-electron chi connectivity index (χ1n) is 8.60. The van der Waals surface area contributed by atoms with Gasteiger partial charge in [0.1, 0.15) is 18.5 Å². The first kappa shape index (κ1) is 17.3. The summed E-state index contributed by atoms with van der Waals surface area (Å²) in [6.45, 7) is 3.19. The molecule has 1 aliphatic rings. The van der Waals surface area contributed by atoms with Gasteiger partial charge in [0, 0.05) is 17.1 Å². The highest BCUT2D eigenvalue weighted by Crippen LogP contribution is 2.28. The van der Waals surface area contributed by atoms with Gasteiger partial charge in [0.15, 0.2) is 0 Å². The summed E-state index contributed by atoms with van der Waals surface area (Å²) in [6, 6.07) is 15.6. The Labute approximate surface area is 148 Å². The molecule has 3 nitrogen and oxygen atoms in total. The summed E-state index contributed by atoms with van der Waals surface area (Å²) in [4.78, 5) is 2.32. The molecule has 2 aromatic rings. The van der Waals surface area contributed by atoms with Crippen molar-refractivity contribution in [1.29, 1.82) is 0 Å². The van der Waals surface area contributed by atoms with Gasteiger partial charge < -0.3 is 14.7 Å². The Hall–Kier alpha value is -1.55. The van der Waals surface area contributed by atoms with Crippen molar-refractivity contribution in [3.63, 3.8) is 0 Å². The second-order valence-corrected chi connectivity index (χ2v) is 6.74. The number of benzene rings is 2. The van der Waals surface area contributed by atoms with E-state index in [-0.39, 0.29) is 0 Å². The van der Waals surface area contributed by atoms with Crippen LogP contribution in [0.3, 0.4) is 0 Å². The third-order valence-corrected chi connectivity index (χ3v) is 4.73. The number of β-amino-alcohol motifs (C(OH)–C–C–N with tert-alkyl or cyclic N) is 1. The summed E-state index contributed by atoms with van der Waals surface area (Å²) in [7, 11) is 0. The minimum absolute atomic E-state index is 0.321. The van der Waals surface area contributed by atoms with E-state index < -0.39 is 6.10 Å². The number of aliphatic hydroxyl groups excluding tert-OH is 1. The first-order chi connectivity index (χ1) is 11.7. The summed E-state index contributed by atoms with van der Waals surface area (Å²) in [5.41, 5.74) is 2.07. The minimum Gasteiger partial charge on any atom is -0.491 e. The van der Waals surface area contributed by atoms with E-state index in [1.807, 2.05) is 48.5 Å². The zero-order chi connectivity index (χ0) is 16.8. The Balaban J connectivity index is 1.52. The van der Waals surface area contributed by atoms with Gasteiger partial charge in [-0.2, -0.15) is 0 Å². The predicted octanol–water partition coefficient (Wildman–Crippen LogP) is 4.23. The van der Waals surface area contributed by atoms with Crippen LogP contribution in [0.1, 0.15) is 19.3 Å². The van der Waals surface area contributed by atoms with E-state index in [0.29, 0.717) is 13.2 Å². The van der Waals surface area contributed by atoms with Crippen molar-refractivity contribution in [3.8, 4) is 16.9 Å². The van der Waals surface area contributed by atoms with Gasteiger partial charge in [-0.25, -0.2) is 0 Å². The number of hydrogen-bond acceptors (Lipinski definition) is 3. The Morgan fingerprint density at radius 3 is 2.42 bits per heavy atom. The monoisotopic (exact) mass is 345 g/mol. The fourth-order valence-corrected chi connectivity index (χ4v) is 3.36. The van der Waals surface area contributed by atoms with E-state index in [1.54, 1.807) is 0 Å². The quantitative estimate of drug-likeness (QED) is 0.850. The van der Waals surface area contributed by atoms with Crippen LogP contribution in [-0.4, -0.2) is 42.4 Å². The molecule has 0 aromatic heterocycles. The van der Waals surface area contributed by atoms with E-state index in [9.17, 15) is 5.11 Å². The van der Waals surface area contributed by atoms with Crippen LogP contribution in [-0.2, 0) is 0 Å². The SMILES string of the molecule is OC(COc1ccc(-c2ccccc2Cl)cc1)CN1CCCCC1. The molecule has 1 fully saturated rings. The van der Waals surface area contributed by atoms with Crippen molar-refractivity contribution in [1.82, 2.24) is 4.90 Å². The molecule has 3 rings (SSSR count). The van der Waals surface area contributed by atoms with Crippen LogP contribution in [0.2, 0.25) is 5.02 Å². The van der Waals surface area contributed by atoms with E-state index in [0.717, 1.165) is 35.0 Å².